The zero-order valence-electron chi connectivity index (χ0n) is 16.3. The summed E-state index contributed by atoms with van der Waals surface area (Å²) in [5.74, 6) is 1.53. The smallest absolute Gasteiger partial charge is 0.125 e. The van der Waals surface area contributed by atoms with Gasteiger partial charge in [-0.1, -0.05) is 11.6 Å². The number of nitrogens with two attached hydrogens (primary N) is 1. The van der Waals surface area contributed by atoms with Gasteiger partial charge >= 0.3 is 0 Å². The van der Waals surface area contributed by atoms with Crippen LogP contribution in [0.15, 0.2) is 54.9 Å². The Morgan fingerprint density at radius 3 is 2.69 bits per heavy atom. The van der Waals surface area contributed by atoms with Crippen LogP contribution in [0, 0.1) is 0 Å². The van der Waals surface area contributed by atoms with Gasteiger partial charge in [-0.05, 0) is 56.3 Å². The Morgan fingerprint density at radius 2 is 2.03 bits per heavy atom. The molecule has 152 valence electrons. The molecule has 29 heavy (non-hydrogen) atoms. The number of aromatic nitrogens is 2. The number of rotatable bonds is 5. The van der Waals surface area contributed by atoms with Gasteiger partial charge in [-0.15, -0.1) is 0 Å². The van der Waals surface area contributed by atoms with Crippen molar-refractivity contribution in [3.05, 3.63) is 71.3 Å². The number of halogens is 1. The molecular formula is C21H24ClN5O2. The minimum Gasteiger partial charge on any atom is -0.486 e. The second-order valence-corrected chi connectivity index (χ2v) is 8.13. The first-order chi connectivity index (χ1) is 13.9. The highest BCUT2D eigenvalue weighted by molar-refractivity contribution is 6.30. The highest BCUT2D eigenvalue weighted by atomic mass is 35.5. The molecule has 8 heteroatoms. The summed E-state index contributed by atoms with van der Waals surface area (Å²) < 4.78 is 6.20. The fourth-order valence-corrected chi connectivity index (χ4v) is 4.03. The summed E-state index contributed by atoms with van der Waals surface area (Å²) in [4.78, 5) is 9.71. The number of ether oxygens (including phenoxy) is 1. The van der Waals surface area contributed by atoms with E-state index >= 15 is 0 Å². The van der Waals surface area contributed by atoms with Crippen molar-refractivity contribution >= 4 is 23.0 Å². The first kappa shape index (κ1) is 19.6. The van der Waals surface area contributed by atoms with Gasteiger partial charge in [0, 0.05) is 34.4 Å². The van der Waals surface area contributed by atoms with Crippen molar-refractivity contribution in [2.75, 3.05) is 10.6 Å². The molecule has 1 unspecified atom stereocenters. The lowest BCUT2D eigenvalue weighted by atomic mass is 9.83. The lowest BCUT2D eigenvalue weighted by Gasteiger charge is -2.48. The molecule has 0 radical (unpaired) electrons. The summed E-state index contributed by atoms with van der Waals surface area (Å²) >= 11 is 6.12. The van der Waals surface area contributed by atoms with E-state index in [1.54, 1.807) is 12.4 Å². The largest absolute Gasteiger partial charge is 0.486 e. The molecule has 0 fully saturated rings. The Balaban J connectivity index is 1.88. The highest BCUT2D eigenvalue weighted by Crippen LogP contribution is 2.45. The molecule has 7 nitrogen and oxygen atoms in total. The van der Waals surface area contributed by atoms with E-state index in [4.69, 9.17) is 22.1 Å². The van der Waals surface area contributed by atoms with Crippen molar-refractivity contribution in [2.24, 2.45) is 0 Å². The monoisotopic (exact) mass is 413 g/mol. The maximum Gasteiger partial charge on any atom is 0.125 e. The van der Waals surface area contributed by atoms with Crippen LogP contribution in [0.2, 0.25) is 5.02 Å². The van der Waals surface area contributed by atoms with E-state index in [0.717, 1.165) is 22.8 Å². The van der Waals surface area contributed by atoms with E-state index in [0.29, 0.717) is 17.3 Å². The molecule has 0 amide bonds. The van der Waals surface area contributed by atoms with Crippen LogP contribution in [0.3, 0.4) is 0 Å². The van der Waals surface area contributed by atoms with Gasteiger partial charge in [0.05, 0.1) is 18.6 Å². The summed E-state index contributed by atoms with van der Waals surface area (Å²) in [6.45, 7) is 4.38. The van der Waals surface area contributed by atoms with Crippen LogP contribution in [-0.4, -0.2) is 26.8 Å². The lowest BCUT2D eigenvalue weighted by Crippen LogP contribution is -2.59. The molecule has 1 aliphatic heterocycles. The Kier molecular flexibility index (Phi) is 5.12. The molecule has 0 saturated heterocycles. The minimum atomic E-state index is -0.684. The molecule has 0 spiro atoms. The van der Waals surface area contributed by atoms with Crippen LogP contribution < -0.4 is 20.9 Å². The summed E-state index contributed by atoms with van der Waals surface area (Å²) in [5, 5.41) is 10.8. The van der Waals surface area contributed by atoms with E-state index in [2.05, 4.69) is 20.3 Å². The van der Waals surface area contributed by atoms with Gasteiger partial charge in [-0.25, -0.2) is 4.98 Å². The van der Waals surface area contributed by atoms with Crippen LogP contribution in [0.5, 0.6) is 5.75 Å². The van der Waals surface area contributed by atoms with Crippen LogP contribution in [0.25, 0.3) is 0 Å². The van der Waals surface area contributed by atoms with Gasteiger partial charge in [0.15, 0.2) is 0 Å². The zero-order chi connectivity index (χ0) is 20.6. The number of hydroxylamine groups is 1. The number of benzene rings is 2. The SMILES string of the molecule is CC1(C)Oc2ccc(N)cc2[C@H](N(Cc2ncc[nH]2)c2ccc(Cl)cc2)C1NO. The zero-order valence-corrected chi connectivity index (χ0v) is 17.0. The average molecular weight is 414 g/mol. The Morgan fingerprint density at radius 1 is 1.28 bits per heavy atom. The van der Waals surface area contributed by atoms with Crippen molar-refractivity contribution in [1.82, 2.24) is 15.4 Å². The topological polar surface area (TPSA) is 99.4 Å². The van der Waals surface area contributed by atoms with Crippen molar-refractivity contribution in [2.45, 2.75) is 38.1 Å². The quantitative estimate of drug-likeness (QED) is 0.374. The number of hydrogen-bond donors (Lipinski definition) is 4. The summed E-state index contributed by atoms with van der Waals surface area (Å²) in [7, 11) is 0. The number of fused-ring (bicyclic) bond motifs is 1. The van der Waals surface area contributed by atoms with E-state index in [1.165, 1.54) is 0 Å². The molecule has 5 N–H and O–H groups in total. The minimum absolute atomic E-state index is 0.284. The standard InChI is InChI=1S/C21H24ClN5O2/c1-21(2)20(26-28)19(16-11-14(23)5-8-17(16)29-21)27(12-18-24-9-10-25-18)15-6-3-13(22)4-7-15/h3-11,19-20,26,28H,12,23H2,1-2H3,(H,24,25)/t19-,20?/m0/s1. The van der Waals surface area contributed by atoms with Gasteiger partial charge < -0.3 is 25.6 Å². The number of anilines is 2. The molecule has 0 saturated carbocycles. The summed E-state index contributed by atoms with van der Waals surface area (Å²) in [6.07, 6.45) is 3.51. The van der Waals surface area contributed by atoms with Crippen molar-refractivity contribution < 1.29 is 9.94 Å². The Labute approximate surface area is 174 Å². The molecule has 2 aromatic carbocycles. The molecule has 4 rings (SSSR count). The van der Waals surface area contributed by atoms with Crippen LogP contribution in [0.4, 0.5) is 11.4 Å². The third-order valence-electron chi connectivity index (χ3n) is 5.30. The number of nitrogens with one attached hydrogen (secondary N) is 2. The second kappa shape index (κ2) is 7.59. The van der Waals surface area contributed by atoms with E-state index < -0.39 is 11.6 Å². The number of aromatic amines is 1. The van der Waals surface area contributed by atoms with Crippen LogP contribution in [0.1, 0.15) is 31.3 Å². The molecule has 0 bridgehead atoms. The number of nitrogens with zero attached hydrogens (tertiary/aromatic N) is 2. The van der Waals surface area contributed by atoms with Gasteiger partial charge in [-0.3, -0.25) is 0 Å². The maximum absolute atomic E-state index is 10.1. The second-order valence-electron chi connectivity index (χ2n) is 7.69. The number of nitrogen functional groups attached to an aromatic ring is 1. The molecule has 1 aromatic heterocycles. The number of hydrogen-bond acceptors (Lipinski definition) is 6. The van der Waals surface area contributed by atoms with Gasteiger partial charge in [-0.2, -0.15) is 5.48 Å². The fourth-order valence-electron chi connectivity index (χ4n) is 3.90. The summed E-state index contributed by atoms with van der Waals surface area (Å²) in [6, 6.07) is 12.5. The van der Waals surface area contributed by atoms with Gasteiger partial charge in [0.2, 0.25) is 0 Å². The molecule has 0 aliphatic carbocycles. The highest BCUT2D eigenvalue weighted by Gasteiger charge is 2.46. The van der Waals surface area contributed by atoms with Crippen LogP contribution >= 0.6 is 11.6 Å². The molecule has 2 atom stereocenters. The van der Waals surface area contributed by atoms with Crippen molar-refractivity contribution in [3.63, 3.8) is 0 Å². The van der Waals surface area contributed by atoms with Crippen molar-refractivity contribution in [1.29, 1.82) is 0 Å². The summed E-state index contributed by atoms with van der Waals surface area (Å²) in [5.41, 5.74) is 10.3. The van der Waals surface area contributed by atoms with E-state index in [-0.39, 0.29) is 6.04 Å². The number of H-pyrrole nitrogens is 1. The molecular weight excluding hydrogens is 390 g/mol. The molecule has 3 aromatic rings. The van der Waals surface area contributed by atoms with Crippen molar-refractivity contribution in [3.8, 4) is 5.75 Å². The molecule has 2 heterocycles. The third kappa shape index (κ3) is 3.76. The lowest BCUT2D eigenvalue weighted by molar-refractivity contribution is -0.0266. The average Bonchev–Trinajstić information content (AvgIpc) is 3.19. The Hall–Kier alpha value is -2.74. The predicted octanol–water partition coefficient (Wildman–Crippen LogP) is 3.91. The molecule has 1 aliphatic rings. The van der Waals surface area contributed by atoms with E-state index in [1.807, 2.05) is 56.3 Å². The third-order valence-corrected chi connectivity index (χ3v) is 5.55. The van der Waals surface area contributed by atoms with E-state index in [9.17, 15) is 5.21 Å². The first-order valence-electron chi connectivity index (χ1n) is 9.37. The maximum atomic E-state index is 10.1. The number of imidazole rings is 1. The van der Waals surface area contributed by atoms with Gasteiger partial charge in [0.25, 0.3) is 0 Å². The predicted molar refractivity (Wildman–Crippen MR) is 113 cm³/mol. The normalized spacial score (nSPS) is 20.0. The first-order valence-corrected chi connectivity index (χ1v) is 9.75. The fraction of sp³-hybridized carbons (Fsp3) is 0.286. The van der Waals surface area contributed by atoms with Crippen LogP contribution in [-0.2, 0) is 6.54 Å². The Bertz CT molecular complexity index is 975. The van der Waals surface area contributed by atoms with Gasteiger partial charge in [0.1, 0.15) is 17.2 Å².